The predicted molar refractivity (Wildman–Crippen MR) is 109 cm³/mol. The number of benzene rings is 2. The SMILES string of the molecule is FC(F)(F)c1cc(-c2cccc3c2=CC(=CC2CCCCCC2)C=3)cc(C(F)(F)F)c1. The first-order valence-corrected chi connectivity index (χ1v) is 10.5. The van der Waals surface area contributed by atoms with Crippen LogP contribution >= 0.6 is 0 Å². The molecule has 0 aliphatic heterocycles. The Morgan fingerprint density at radius 2 is 1.35 bits per heavy atom. The third-order valence-electron chi connectivity index (χ3n) is 6.00. The van der Waals surface area contributed by atoms with Crippen LogP contribution in [0.4, 0.5) is 26.3 Å². The first-order chi connectivity index (χ1) is 14.6. The van der Waals surface area contributed by atoms with E-state index < -0.39 is 23.5 Å². The summed E-state index contributed by atoms with van der Waals surface area (Å²) in [5, 5.41) is 1.47. The molecule has 0 nitrogen and oxygen atoms in total. The molecule has 2 aromatic carbocycles. The van der Waals surface area contributed by atoms with Gasteiger partial charge in [-0.3, -0.25) is 0 Å². The van der Waals surface area contributed by atoms with E-state index >= 15 is 0 Å². The minimum Gasteiger partial charge on any atom is -0.166 e. The lowest BCUT2D eigenvalue weighted by atomic mass is 9.96. The number of halogens is 6. The summed E-state index contributed by atoms with van der Waals surface area (Å²) in [6.45, 7) is 0. The average molecular weight is 436 g/mol. The summed E-state index contributed by atoms with van der Waals surface area (Å²) < 4.78 is 79.7. The van der Waals surface area contributed by atoms with Crippen molar-refractivity contribution >= 4 is 12.2 Å². The van der Waals surface area contributed by atoms with Gasteiger partial charge >= 0.3 is 12.4 Å². The molecule has 1 saturated carbocycles. The topological polar surface area (TPSA) is 0 Å². The molecule has 0 spiro atoms. The molecule has 164 valence electrons. The molecule has 2 aromatic rings. The maximum absolute atomic E-state index is 13.3. The van der Waals surface area contributed by atoms with E-state index in [0.717, 1.165) is 35.8 Å². The second kappa shape index (κ2) is 8.21. The fourth-order valence-corrected chi connectivity index (χ4v) is 4.47. The van der Waals surface area contributed by atoms with Crippen LogP contribution in [-0.2, 0) is 12.4 Å². The number of allylic oxidation sites excluding steroid dienone is 2. The largest absolute Gasteiger partial charge is 0.416 e. The van der Waals surface area contributed by atoms with Crippen LogP contribution in [0.3, 0.4) is 0 Å². The quantitative estimate of drug-likeness (QED) is 0.356. The Kier molecular flexibility index (Phi) is 5.75. The van der Waals surface area contributed by atoms with Crippen molar-refractivity contribution in [1.82, 2.24) is 0 Å². The van der Waals surface area contributed by atoms with Crippen LogP contribution in [0.25, 0.3) is 23.3 Å². The van der Waals surface area contributed by atoms with Crippen molar-refractivity contribution in [3.63, 3.8) is 0 Å². The Labute approximate surface area is 176 Å². The van der Waals surface area contributed by atoms with Gasteiger partial charge in [0.15, 0.2) is 0 Å². The molecule has 2 aliphatic rings. The van der Waals surface area contributed by atoms with Crippen molar-refractivity contribution in [3.8, 4) is 11.1 Å². The highest BCUT2D eigenvalue weighted by molar-refractivity contribution is 5.78. The molecule has 0 amide bonds. The van der Waals surface area contributed by atoms with Crippen molar-refractivity contribution in [2.24, 2.45) is 5.92 Å². The number of fused-ring (bicyclic) bond motifs is 1. The van der Waals surface area contributed by atoms with Crippen molar-refractivity contribution in [2.45, 2.75) is 50.9 Å². The van der Waals surface area contributed by atoms with Gasteiger partial charge in [0.1, 0.15) is 0 Å². The molecule has 6 heteroatoms. The molecule has 0 N–H and O–H groups in total. The summed E-state index contributed by atoms with van der Waals surface area (Å²) in [5.41, 5.74) is -1.34. The van der Waals surface area contributed by atoms with E-state index in [0.29, 0.717) is 16.7 Å². The molecule has 2 aliphatic carbocycles. The maximum atomic E-state index is 13.3. The fraction of sp³-hybridized carbons (Fsp3) is 0.360. The Bertz CT molecular complexity index is 1080. The smallest absolute Gasteiger partial charge is 0.166 e. The molecule has 4 rings (SSSR count). The summed E-state index contributed by atoms with van der Waals surface area (Å²) >= 11 is 0. The van der Waals surface area contributed by atoms with E-state index in [1.807, 2.05) is 18.2 Å². The molecule has 31 heavy (non-hydrogen) atoms. The van der Waals surface area contributed by atoms with Gasteiger partial charge < -0.3 is 0 Å². The monoisotopic (exact) mass is 436 g/mol. The average Bonchev–Trinajstić information content (AvgIpc) is 2.93. The van der Waals surface area contributed by atoms with Crippen molar-refractivity contribution in [1.29, 1.82) is 0 Å². The maximum Gasteiger partial charge on any atom is 0.416 e. The van der Waals surface area contributed by atoms with E-state index in [1.165, 1.54) is 25.7 Å². The third-order valence-corrected chi connectivity index (χ3v) is 6.00. The normalized spacial score (nSPS) is 19.0. The fourth-order valence-electron chi connectivity index (χ4n) is 4.47. The van der Waals surface area contributed by atoms with Gasteiger partial charge in [0.25, 0.3) is 0 Å². The molecule has 0 heterocycles. The zero-order valence-electron chi connectivity index (χ0n) is 16.8. The zero-order valence-corrected chi connectivity index (χ0v) is 16.8. The highest BCUT2D eigenvalue weighted by Gasteiger charge is 2.37. The van der Waals surface area contributed by atoms with E-state index in [4.69, 9.17) is 0 Å². The Morgan fingerprint density at radius 3 is 1.94 bits per heavy atom. The number of alkyl halides is 6. The highest BCUT2D eigenvalue weighted by Crippen LogP contribution is 2.38. The van der Waals surface area contributed by atoms with Crippen LogP contribution in [0.5, 0.6) is 0 Å². The zero-order chi connectivity index (χ0) is 22.2. The lowest BCUT2D eigenvalue weighted by Gasteiger charge is -2.14. The summed E-state index contributed by atoms with van der Waals surface area (Å²) in [4.78, 5) is 0. The summed E-state index contributed by atoms with van der Waals surface area (Å²) in [6.07, 6.45) is 3.33. The van der Waals surface area contributed by atoms with Crippen LogP contribution in [0.2, 0.25) is 0 Å². The second-order valence-electron chi connectivity index (χ2n) is 8.31. The number of hydrogen-bond acceptors (Lipinski definition) is 0. The van der Waals surface area contributed by atoms with Crippen molar-refractivity contribution in [2.75, 3.05) is 0 Å². The van der Waals surface area contributed by atoms with Crippen LogP contribution < -0.4 is 10.4 Å². The molecule has 0 aromatic heterocycles. The molecule has 0 saturated heterocycles. The summed E-state index contributed by atoms with van der Waals surface area (Å²) in [6, 6.07) is 6.84. The molecular weight excluding hydrogens is 414 g/mol. The van der Waals surface area contributed by atoms with Gasteiger partial charge in [-0.25, -0.2) is 0 Å². The molecule has 1 fully saturated rings. The summed E-state index contributed by atoms with van der Waals surface area (Å²) in [7, 11) is 0. The van der Waals surface area contributed by atoms with Crippen molar-refractivity contribution in [3.05, 3.63) is 69.6 Å². The third kappa shape index (κ3) is 4.89. The van der Waals surface area contributed by atoms with Crippen molar-refractivity contribution < 1.29 is 26.3 Å². The van der Waals surface area contributed by atoms with Gasteiger partial charge in [-0.2, -0.15) is 26.3 Å². The Balaban J connectivity index is 1.81. The highest BCUT2D eigenvalue weighted by atomic mass is 19.4. The lowest BCUT2D eigenvalue weighted by Crippen LogP contribution is -2.23. The van der Waals surface area contributed by atoms with Gasteiger partial charge in [0.05, 0.1) is 11.1 Å². The van der Waals surface area contributed by atoms with Gasteiger partial charge in [0.2, 0.25) is 0 Å². The molecule has 0 bridgehead atoms. The van der Waals surface area contributed by atoms with E-state index in [2.05, 4.69) is 6.08 Å². The first-order valence-electron chi connectivity index (χ1n) is 10.5. The predicted octanol–water partition coefficient (Wildman–Crippen LogP) is 6.86. The van der Waals surface area contributed by atoms with Crippen LogP contribution in [0, 0.1) is 5.92 Å². The van der Waals surface area contributed by atoms with Gasteiger partial charge in [-0.05, 0) is 76.2 Å². The van der Waals surface area contributed by atoms with E-state index in [1.54, 1.807) is 12.1 Å². The first kappa shape index (κ1) is 21.7. The van der Waals surface area contributed by atoms with Gasteiger partial charge in [0, 0.05) is 0 Å². The minimum absolute atomic E-state index is 0.0839. The minimum atomic E-state index is -4.87. The molecule has 0 atom stereocenters. The van der Waals surface area contributed by atoms with Crippen LogP contribution in [0.15, 0.2) is 48.0 Å². The van der Waals surface area contributed by atoms with Crippen LogP contribution in [0.1, 0.15) is 49.7 Å². The van der Waals surface area contributed by atoms with Gasteiger partial charge in [-0.1, -0.05) is 50.0 Å². The second-order valence-corrected chi connectivity index (χ2v) is 8.31. The molecule has 0 radical (unpaired) electrons. The molecule has 0 unspecified atom stereocenters. The number of rotatable bonds is 2. The van der Waals surface area contributed by atoms with Crippen LogP contribution in [-0.4, -0.2) is 0 Å². The lowest BCUT2D eigenvalue weighted by molar-refractivity contribution is -0.143. The Hall–Kier alpha value is -2.50. The molecular formula is C25H22F6. The Morgan fingerprint density at radius 1 is 0.742 bits per heavy atom. The standard InChI is InChI=1S/C25H22F6/c26-24(27,28)20-13-19(14-21(15-20)25(29,30)31)22-9-5-8-18-11-17(12-23(18)22)10-16-6-3-1-2-4-7-16/h5,8-16H,1-4,6-7H2. The van der Waals surface area contributed by atoms with E-state index in [-0.39, 0.29) is 11.6 Å². The van der Waals surface area contributed by atoms with Gasteiger partial charge in [-0.15, -0.1) is 0 Å². The van der Waals surface area contributed by atoms with E-state index in [9.17, 15) is 26.3 Å². The number of hydrogen-bond donors (Lipinski definition) is 0. The summed E-state index contributed by atoms with van der Waals surface area (Å²) in [5.74, 6) is 0.452.